The van der Waals surface area contributed by atoms with E-state index in [1.165, 1.54) is 10.9 Å². The monoisotopic (exact) mass is 262 g/mol. The van der Waals surface area contributed by atoms with Crippen molar-refractivity contribution < 1.29 is 4.79 Å². The summed E-state index contributed by atoms with van der Waals surface area (Å²) in [6.45, 7) is 0.745. The lowest BCUT2D eigenvalue weighted by molar-refractivity contribution is -0.129. The summed E-state index contributed by atoms with van der Waals surface area (Å²) in [7, 11) is 1.85. The van der Waals surface area contributed by atoms with Crippen LogP contribution in [-0.2, 0) is 11.2 Å². The molecule has 2 rings (SSSR count). The van der Waals surface area contributed by atoms with Gasteiger partial charge in [-0.25, -0.2) is 0 Å². The van der Waals surface area contributed by atoms with Gasteiger partial charge in [0.1, 0.15) is 0 Å². The van der Waals surface area contributed by atoms with Gasteiger partial charge < -0.3 is 9.88 Å². The largest absolute Gasteiger partial charge is 0.361 e. The number of aromatic nitrogens is 1. The van der Waals surface area contributed by atoms with Gasteiger partial charge in [0.2, 0.25) is 5.91 Å². The van der Waals surface area contributed by atoms with Crippen LogP contribution in [0.2, 0.25) is 0 Å². The van der Waals surface area contributed by atoms with Crippen molar-refractivity contribution >= 4 is 29.4 Å². The molecule has 0 saturated heterocycles. The molecular formula is C14H18N2OS. The summed E-state index contributed by atoms with van der Waals surface area (Å²) in [5.41, 5.74) is 2.41. The molecule has 0 aliphatic heterocycles. The van der Waals surface area contributed by atoms with Crippen LogP contribution >= 0.6 is 12.6 Å². The van der Waals surface area contributed by atoms with Crippen molar-refractivity contribution in [3.05, 3.63) is 36.0 Å². The fraction of sp³-hybridized carbons (Fsp3) is 0.357. The topological polar surface area (TPSA) is 36.1 Å². The van der Waals surface area contributed by atoms with Crippen molar-refractivity contribution in [1.82, 2.24) is 9.88 Å². The predicted molar refractivity (Wildman–Crippen MR) is 78.1 cm³/mol. The van der Waals surface area contributed by atoms with E-state index in [0.29, 0.717) is 12.2 Å². The van der Waals surface area contributed by atoms with Crippen LogP contribution in [0.4, 0.5) is 0 Å². The molecule has 0 radical (unpaired) electrons. The SMILES string of the molecule is CN(CCc1c[nH]c2ccccc12)C(=O)CCS. The highest BCUT2D eigenvalue weighted by Crippen LogP contribution is 2.18. The van der Waals surface area contributed by atoms with Crippen LogP contribution in [0.15, 0.2) is 30.5 Å². The van der Waals surface area contributed by atoms with Crippen LogP contribution in [0.1, 0.15) is 12.0 Å². The van der Waals surface area contributed by atoms with Gasteiger partial charge in [0.15, 0.2) is 0 Å². The molecule has 0 spiro atoms. The zero-order valence-corrected chi connectivity index (χ0v) is 11.4. The molecule has 1 amide bonds. The van der Waals surface area contributed by atoms with Gasteiger partial charge in [-0.3, -0.25) is 4.79 Å². The number of aromatic amines is 1. The zero-order chi connectivity index (χ0) is 13.0. The maximum Gasteiger partial charge on any atom is 0.223 e. The molecule has 96 valence electrons. The zero-order valence-electron chi connectivity index (χ0n) is 10.5. The molecular weight excluding hydrogens is 244 g/mol. The van der Waals surface area contributed by atoms with Crippen molar-refractivity contribution in [3.63, 3.8) is 0 Å². The Kier molecular flexibility index (Phi) is 4.31. The molecule has 0 aliphatic rings. The number of likely N-dealkylation sites (N-methyl/N-ethyl adjacent to an activating group) is 1. The van der Waals surface area contributed by atoms with Crippen LogP contribution < -0.4 is 0 Å². The van der Waals surface area contributed by atoms with Gasteiger partial charge >= 0.3 is 0 Å². The number of benzene rings is 1. The minimum atomic E-state index is 0.157. The molecule has 0 fully saturated rings. The van der Waals surface area contributed by atoms with Crippen molar-refractivity contribution in [2.24, 2.45) is 0 Å². The standard InChI is InChI=1S/C14H18N2OS/c1-16(14(17)7-9-18)8-6-11-10-15-13-5-3-2-4-12(11)13/h2-5,10,15,18H,6-9H2,1H3. The maximum atomic E-state index is 11.6. The first-order chi connectivity index (χ1) is 8.72. The molecule has 1 N–H and O–H groups in total. The smallest absolute Gasteiger partial charge is 0.223 e. The lowest BCUT2D eigenvalue weighted by atomic mass is 10.1. The van der Waals surface area contributed by atoms with Gasteiger partial charge in [-0.1, -0.05) is 18.2 Å². The third-order valence-electron chi connectivity index (χ3n) is 3.14. The van der Waals surface area contributed by atoms with Gasteiger partial charge in [-0.2, -0.15) is 12.6 Å². The van der Waals surface area contributed by atoms with E-state index in [-0.39, 0.29) is 5.91 Å². The Balaban J connectivity index is 2.00. The molecule has 0 saturated carbocycles. The van der Waals surface area contributed by atoms with Crippen LogP contribution in [0.5, 0.6) is 0 Å². The average molecular weight is 262 g/mol. The normalized spacial score (nSPS) is 10.8. The number of nitrogens with zero attached hydrogens (tertiary/aromatic N) is 1. The molecule has 0 atom stereocenters. The maximum absolute atomic E-state index is 11.6. The summed E-state index contributed by atoms with van der Waals surface area (Å²) >= 11 is 4.08. The van der Waals surface area contributed by atoms with Gasteiger partial charge in [0.05, 0.1) is 0 Å². The fourth-order valence-corrected chi connectivity index (χ4v) is 2.23. The molecule has 0 bridgehead atoms. The lowest BCUT2D eigenvalue weighted by Crippen LogP contribution is -2.28. The van der Waals surface area contributed by atoms with Crippen molar-refractivity contribution in [1.29, 1.82) is 0 Å². The number of hydrogen-bond donors (Lipinski definition) is 2. The number of para-hydroxylation sites is 1. The third-order valence-corrected chi connectivity index (χ3v) is 3.37. The highest BCUT2D eigenvalue weighted by Gasteiger charge is 2.09. The summed E-state index contributed by atoms with van der Waals surface area (Å²) < 4.78 is 0. The van der Waals surface area contributed by atoms with Crippen molar-refractivity contribution in [2.45, 2.75) is 12.8 Å². The Hall–Kier alpha value is -1.42. The molecule has 1 aromatic heterocycles. The van der Waals surface area contributed by atoms with E-state index >= 15 is 0 Å². The predicted octanol–water partition coefficient (Wildman–Crippen LogP) is 2.49. The minimum Gasteiger partial charge on any atom is -0.361 e. The number of carbonyl (C=O) groups is 1. The lowest BCUT2D eigenvalue weighted by Gasteiger charge is -2.16. The van der Waals surface area contributed by atoms with E-state index < -0.39 is 0 Å². The van der Waals surface area contributed by atoms with Crippen LogP contribution in [0.25, 0.3) is 10.9 Å². The number of amides is 1. The third kappa shape index (κ3) is 2.88. The molecule has 1 heterocycles. The first-order valence-electron chi connectivity index (χ1n) is 6.12. The first kappa shape index (κ1) is 13.0. The Morgan fingerprint density at radius 2 is 2.17 bits per heavy atom. The highest BCUT2D eigenvalue weighted by molar-refractivity contribution is 7.80. The minimum absolute atomic E-state index is 0.157. The fourth-order valence-electron chi connectivity index (χ4n) is 2.04. The number of thiol groups is 1. The molecule has 0 aliphatic carbocycles. The molecule has 4 heteroatoms. The van der Waals surface area contributed by atoms with E-state index in [4.69, 9.17) is 0 Å². The Bertz CT molecular complexity index is 535. The summed E-state index contributed by atoms with van der Waals surface area (Å²) in [6, 6.07) is 8.23. The van der Waals surface area contributed by atoms with E-state index in [1.54, 1.807) is 4.90 Å². The number of fused-ring (bicyclic) bond motifs is 1. The number of H-pyrrole nitrogens is 1. The average Bonchev–Trinajstić information content (AvgIpc) is 2.79. The first-order valence-corrected chi connectivity index (χ1v) is 6.75. The Labute approximate surface area is 113 Å². The van der Waals surface area contributed by atoms with E-state index in [2.05, 4.69) is 29.7 Å². The van der Waals surface area contributed by atoms with Crippen molar-refractivity contribution in [3.8, 4) is 0 Å². The van der Waals surface area contributed by atoms with Crippen molar-refractivity contribution in [2.75, 3.05) is 19.3 Å². The summed E-state index contributed by atoms with van der Waals surface area (Å²) in [5.74, 6) is 0.765. The summed E-state index contributed by atoms with van der Waals surface area (Å²) in [5, 5.41) is 1.24. The number of carbonyl (C=O) groups excluding carboxylic acids is 1. The molecule has 0 unspecified atom stereocenters. The van der Waals surface area contributed by atoms with Crippen LogP contribution in [-0.4, -0.2) is 35.1 Å². The number of rotatable bonds is 5. The van der Waals surface area contributed by atoms with E-state index in [0.717, 1.165) is 18.5 Å². The second-order valence-corrected chi connectivity index (χ2v) is 4.85. The molecule has 18 heavy (non-hydrogen) atoms. The van der Waals surface area contributed by atoms with E-state index in [1.807, 2.05) is 25.4 Å². The number of nitrogens with one attached hydrogen (secondary N) is 1. The van der Waals surface area contributed by atoms with Gasteiger partial charge in [0, 0.05) is 37.1 Å². The van der Waals surface area contributed by atoms with Gasteiger partial charge in [-0.05, 0) is 23.8 Å². The Morgan fingerprint density at radius 1 is 1.39 bits per heavy atom. The van der Waals surface area contributed by atoms with Crippen LogP contribution in [0.3, 0.4) is 0 Å². The quantitative estimate of drug-likeness (QED) is 0.798. The molecule has 3 nitrogen and oxygen atoms in total. The second kappa shape index (κ2) is 5.96. The molecule has 2 aromatic rings. The molecule has 1 aromatic carbocycles. The second-order valence-electron chi connectivity index (χ2n) is 4.40. The number of hydrogen-bond acceptors (Lipinski definition) is 2. The Morgan fingerprint density at radius 3 is 2.94 bits per heavy atom. The highest BCUT2D eigenvalue weighted by atomic mass is 32.1. The van der Waals surface area contributed by atoms with E-state index in [9.17, 15) is 4.79 Å². The summed E-state index contributed by atoms with van der Waals surface area (Å²) in [6.07, 6.45) is 3.41. The summed E-state index contributed by atoms with van der Waals surface area (Å²) in [4.78, 5) is 16.7. The van der Waals surface area contributed by atoms with Gasteiger partial charge in [0.25, 0.3) is 0 Å². The van der Waals surface area contributed by atoms with Gasteiger partial charge in [-0.15, -0.1) is 0 Å². The van der Waals surface area contributed by atoms with Crippen LogP contribution in [0, 0.1) is 0 Å².